The number of ketones is 1. The van der Waals surface area contributed by atoms with Crippen molar-refractivity contribution in [2.75, 3.05) is 13.7 Å². The molecule has 0 atom stereocenters. The molecule has 0 bridgehead atoms. The normalized spacial score (nSPS) is 15.0. The van der Waals surface area contributed by atoms with E-state index < -0.39 is 23.0 Å². The van der Waals surface area contributed by atoms with Crippen molar-refractivity contribution in [3.63, 3.8) is 0 Å². The van der Waals surface area contributed by atoms with Crippen LogP contribution in [0.25, 0.3) is 0 Å². The average Bonchev–Trinajstić information content (AvgIpc) is 3.20. The number of methoxy groups -OCH3 is 1. The van der Waals surface area contributed by atoms with Gasteiger partial charge >= 0.3 is 11.9 Å². The van der Waals surface area contributed by atoms with Crippen LogP contribution in [-0.4, -0.2) is 37.0 Å². The lowest BCUT2D eigenvalue weighted by Crippen LogP contribution is -2.39. The Labute approximate surface area is 172 Å². The van der Waals surface area contributed by atoms with E-state index in [1.807, 2.05) is 24.3 Å². The SMILES string of the molecule is CCOC(=O)C(C)(C)Oc1ccc(CCCC(=O)C2(C(=O)OC)CC=CC2)cc1. The first-order valence-corrected chi connectivity index (χ1v) is 9.97. The highest BCUT2D eigenvalue weighted by atomic mass is 16.6. The fourth-order valence-corrected chi connectivity index (χ4v) is 3.41. The summed E-state index contributed by atoms with van der Waals surface area (Å²) in [5.41, 5.74) is -1.05. The van der Waals surface area contributed by atoms with Gasteiger partial charge in [0.1, 0.15) is 11.2 Å². The standard InChI is InChI=1S/C23H30O6/c1-5-28-20(25)22(2,3)29-18-13-11-17(12-14-18)9-8-10-19(24)23(21(26)27-4)15-6-7-16-23/h6-7,11-14H,5,8-10,15-16H2,1-4H3. The summed E-state index contributed by atoms with van der Waals surface area (Å²) in [5, 5.41) is 0. The first-order valence-electron chi connectivity index (χ1n) is 9.97. The number of hydrogen-bond donors (Lipinski definition) is 0. The van der Waals surface area contributed by atoms with Crippen molar-refractivity contribution < 1.29 is 28.6 Å². The van der Waals surface area contributed by atoms with Crippen LogP contribution in [0.5, 0.6) is 5.75 Å². The molecule has 0 aliphatic heterocycles. The number of ether oxygens (including phenoxy) is 3. The van der Waals surface area contributed by atoms with Crippen LogP contribution in [0, 0.1) is 5.41 Å². The first kappa shape index (κ1) is 22.7. The van der Waals surface area contributed by atoms with Gasteiger partial charge in [0.25, 0.3) is 0 Å². The Bertz CT molecular complexity index is 752. The summed E-state index contributed by atoms with van der Waals surface area (Å²) in [6.07, 6.45) is 6.24. The van der Waals surface area contributed by atoms with Gasteiger partial charge in [0.15, 0.2) is 11.4 Å². The minimum absolute atomic E-state index is 0.0644. The lowest BCUT2D eigenvalue weighted by molar-refractivity contribution is -0.159. The third-order valence-corrected chi connectivity index (χ3v) is 5.14. The predicted molar refractivity (Wildman–Crippen MR) is 109 cm³/mol. The van der Waals surface area contributed by atoms with Crippen LogP contribution < -0.4 is 4.74 Å². The number of hydrogen-bond acceptors (Lipinski definition) is 6. The van der Waals surface area contributed by atoms with Gasteiger partial charge in [0.2, 0.25) is 0 Å². The molecule has 1 aliphatic carbocycles. The number of Topliss-reactive ketones (excluding diaryl/α,β-unsaturated/α-hetero) is 1. The van der Waals surface area contributed by atoms with E-state index in [0.29, 0.717) is 44.5 Å². The third-order valence-electron chi connectivity index (χ3n) is 5.14. The van der Waals surface area contributed by atoms with Crippen molar-refractivity contribution in [1.29, 1.82) is 0 Å². The number of rotatable bonds is 10. The zero-order valence-corrected chi connectivity index (χ0v) is 17.7. The number of carbonyl (C=O) groups excluding carboxylic acids is 3. The molecule has 0 heterocycles. The van der Waals surface area contributed by atoms with Crippen LogP contribution in [0.4, 0.5) is 0 Å². The number of carbonyl (C=O) groups is 3. The minimum Gasteiger partial charge on any atom is -0.476 e. The molecular formula is C23H30O6. The van der Waals surface area contributed by atoms with Crippen LogP contribution in [0.3, 0.4) is 0 Å². The highest BCUT2D eigenvalue weighted by Crippen LogP contribution is 2.37. The summed E-state index contributed by atoms with van der Waals surface area (Å²) in [6.45, 7) is 5.39. The molecule has 0 spiro atoms. The molecule has 29 heavy (non-hydrogen) atoms. The van der Waals surface area contributed by atoms with E-state index in [-0.39, 0.29) is 5.78 Å². The summed E-state index contributed by atoms with van der Waals surface area (Å²) in [7, 11) is 1.32. The van der Waals surface area contributed by atoms with E-state index in [2.05, 4.69) is 0 Å². The van der Waals surface area contributed by atoms with Crippen molar-refractivity contribution in [3.8, 4) is 5.75 Å². The fourth-order valence-electron chi connectivity index (χ4n) is 3.41. The number of benzene rings is 1. The zero-order chi connectivity index (χ0) is 21.5. The third kappa shape index (κ3) is 5.46. The van der Waals surface area contributed by atoms with Crippen molar-refractivity contribution in [1.82, 2.24) is 0 Å². The molecule has 0 radical (unpaired) electrons. The van der Waals surface area contributed by atoms with Crippen molar-refractivity contribution >= 4 is 17.7 Å². The Morgan fingerprint density at radius 1 is 1.07 bits per heavy atom. The van der Waals surface area contributed by atoms with E-state index in [4.69, 9.17) is 14.2 Å². The molecule has 1 aromatic carbocycles. The highest BCUT2D eigenvalue weighted by molar-refractivity contribution is 6.04. The zero-order valence-electron chi connectivity index (χ0n) is 17.7. The molecule has 0 unspecified atom stereocenters. The van der Waals surface area contributed by atoms with E-state index in [0.717, 1.165) is 5.56 Å². The van der Waals surface area contributed by atoms with Crippen LogP contribution in [0.2, 0.25) is 0 Å². The molecule has 0 saturated carbocycles. The summed E-state index contributed by atoms with van der Waals surface area (Å²) in [4.78, 5) is 36.7. The van der Waals surface area contributed by atoms with Gasteiger partial charge in [-0.3, -0.25) is 9.59 Å². The molecule has 0 amide bonds. The maximum absolute atomic E-state index is 12.7. The lowest BCUT2D eigenvalue weighted by atomic mass is 9.79. The average molecular weight is 402 g/mol. The monoisotopic (exact) mass is 402 g/mol. The van der Waals surface area contributed by atoms with Crippen LogP contribution in [0.15, 0.2) is 36.4 Å². The Morgan fingerprint density at radius 2 is 1.69 bits per heavy atom. The minimum atomic E-state index is -1.07. The highest BCUT2D eigenvalue weighted by Gasteiger charge is 2.46. The van der Waals surface area contributed by atoms with Crippen molar-refractivity contribution in [3.05, 3.63) is 42.0 Å². The molecule has 0 N–H and O–H groups in total. The van der Waals surface area contributed by atoms with Crippen LogP contribution in [-0.2, 0) is 30.3 Å². The Balaban J connectivity index is 1.88. The number of allylic oxidation sites excluding steroid dienone is 2. The summed E-state index contributed by atoms with van der Waals surface area (Å²) < 4.78 is 15.6. The van der Waals surface area contributed by atoms with E-state index in [9.17, 15) is 14.4 Å². The molecule has 0 fully saturated rings. The largest absolute Gasteiger partial charge is 0.476 e. The maximum atomic E-state index is 12.7. The second kappa shape index (κ2) is 9.72. The summed E-state index contributed by atoms with van der Waals surface area (Å²) in [5.74, 6) is -0.350. The van der Waals surface area contributed by atoms with Crippen LogP contribution in [0.1, 0.15) is 52.0 Å². The number of aryl methyl sites for hydroxylation is 1. The smallest absolute Gasteiger partial charge is 0.349 e. The molecule has 0 aromatic heterocycles. The second-order valence-corrected chi connectivity index (χ2v) is 7.71. The predicted octanol–water partition coefficient (Wildman–Crippen LogP) is 3.81. The maximum Gasteiger partial charge on any atom is 0.349 e. The van der Waals surface area contributed by atoms with E-state index in [1.54, 1.807) is 32.9 Å². The van der Waals surface area contributed by atoms with Gasteiger partial charge in [-0.2, -0.15) is 0 Å². The quantitative estimate of drug-likeness (QED) is 0.336. The van der Waals surface area contributed by atoms with Gasteiger partial charge in [0, 0.05) is 6.42 Å². The molecule has 158 valence electrons. The first-order chi connectivity index (χ1) is 13.7. The molecule has 1 aliphatic rings. The summed E-state index contributed by atoms with van der Waals surface area (Å²) >= 11 is 0. The topological polar surface area (TPSA) is 78.9 Å². The van der Waals surface area contributed by atoms with Crippen LogP contribution >= 0.6 is 0 Å². The molecule has 6 nitrogen and oxygen atoms in total. The van der Waals surface area contributed by atoms with E-state index in [1.165, 1.54) is 7.11 Å². The van der Waals surface area contributed by atoms with Gasteiger partial charge in [0.05, 0.1) is 13.7 Å². The van der Waals surface area contributed by atoms with Gasteiger partial charge in [-0.1, -0.05) is 24.3 Å². The molecule has 2 rings (SSSR count). The van der Waals surface area contributed by atoms with Gasteiger partial charge in [-0.05, 0) is 64.2 Å². The van der Waals surface area contributed by atoms with Gasteiger partial charge in [-0.25, -0.2) is 4.79 Å². The Hall–Kier alpha value is -2.63. The summed E-state index contributed by atoms with van der Waals surface area (Å²) in [6, 6.07) is 7.42. The number of esters is 2. The lowest BCUT2D eigenvalue weighted by Gasteiger charge is -2.24. The van der Waals surface area contributed by atoms with Gasteiger partial charge in [-0.15, -0.1) is 0 Å². The van der Waals surface area contributed by atoms with Crippen molar-refractivity contribution in [2.45, 2.75) is 58.5 Å². The second-order valence-electron chi connectivity index (χ2n) is 7.71. The molecule has 6 heteroatoms. The van der Waals surface area contributed by atoms with E-state index >= 15 is 0 Å². The Morgan fingerprint density at radius 3 is 2.24 bits per heavy atom. The molecule has 0 saturated heterocycles. The van der Waals surface area contributed by atoms with Crippen molar-refractivity contribution in [2.24, 2.45) is 5.41 Å². The fraction of sp³-hybridized carbons (Fsp3) is 0.522. The van der Waals surface area contributed by atoms with Gasteiger partial charge < -0.3 is 14.2 Å². The molecular weight excluding hydrogens is 372 g/mol. The molecule has 1 aromatic rings. The Kier molecular flexibility index (Phi) is 7.59.